The van der Waals surface area contributed by atoms with Gasteiger partial charge < -0.3 is 18.9 Å². The molecule has 3 heterocycles. The number of methoxy groups -OCH3 is 3. The molecule has 1 N–H and O–H groups in total. The number of rotatable bonds is 12. The summed E-state index contributed by atoms with van der Waals surface area (Å²) in [7, 11) is 0.770. The van der Waals surface area contributed by atoms with Crippen molar-refractivity contribution in [3.8, 4) is 5.75 Å². The Labute approximate surface area is 200 Å². The summed E-state index contributed by atoms with van der Waals surface area (Å²) in [5.41, 5.74) is 0. The summed E-state index contributed by atoms with van der Waals surface area (Å²) >= 11 is 0. The largest absolute Gasteiger partial charge is 0.494 e. The molecule has 0 aliphatic carbocycles. The molecule has 190 valence electrons. The second kappa shape index (κ2) is 11.4. The fourth-order valence-corrected chi connectivity index (χ4v) is 5.13. The number of hydrogen-bond acceptors (Lipinski definition) is 10. The van der Waals surface area contributed by atoms with Gasteiger partial charge in [-0.15, -0.1) is 10.2 Å². The first-order valence-corrected chi connectivity index (χ1v) is 12.7. The quantitative estimate of drug-likeness (QED) is 0.462. The average Bonchev–Trinajstić information content (AvgIpc) is 3.43. The zero-order valence-corrected chi connectivity index (χ0v) is 21.3. The van der Waals surface area contributed by atoms with Gasteiger partial charge in [0, 0.05) is 20.1 Å². The first-order valence-electron chi connectivity index (χ1n) is 11.2. The highest BCUT2D eigenvalue weighted by molar-refractivity contribution is 7.93. The third-order valence-electron chi connectivity index (χ3n) is 6.04. The third kappa shape index (κ3) is 5.82. The maximum Gasteiger partial charge on any atom is 0.238 e. The lowest BCUT2D eigenvalue weighted by atomic mass is 10.1. The Morgan fingerprint density at radius 3 is 2.29 bits per heavy atom. The molecule has 0 bridgehead atoms. The van der Waals surface area contributed by atoms with Crippen molar-refractivity contribution in [3.05, 3.63) is 24.0 Å². The summed E-state index contributed by atoms with van der Waals surface area (Å²) in [6.07, 6.45) is 4.47. The Morgan fingerprint density at radius 1 is 1.12 bits per heavy atom. The minimum Gasteiger partial charge on any atom is -0.494 e. The Kier molecular flexibility index (Phi) is 8.79. The molecule has 2 aromatic heterocycles. The molecule has 12 nitrogen and oxygen atoms in total. The van der Waals surface area contributed by atoms with Crippen LogP contribution in [0.2, 0.25) is 0 Å². The van der Waals surface area contributed by atoms with Gasteiger partial charge in [-0.1, -0.05) is 6.92 Å². The molecule has 0 spiro atoms. The van der Waals surface area contributed by atoms with Crippen LogP contribution in [0, 0.1) is 0 Å². The normalized spacial score (nSPS) is 20.4. The summed E-state index contributed by atoms with van der Waals surface area (Å²) in [6.45, 7) is 5.92. The highest BCUT2D eigenvalue weighted by Crippen LogP contribution is 2.34. The predicted molar refractivity (Wildman–Crippen MR) is 124 cm³/mol. The van der Waals surface area contributed by atoms with Crippen LogP contribution >= 0.6 is 0 Å². The average molecular weight is 499 g/mol. The van der Waals surface area contributed by atoms with Gasteiger partial charge in [-0.2, -0.15) is 0 Å². The fourth-order valence-electron chi connectivity index (χ4n) is 3.89. The molecule has 0 radical (unpaired) electrons. The molecule has 2 aromatic rings. The van der Waals surface area contributed by atoms with Gasteiger partial charge in [-0.25, -0.2) is 18.4 Å². The number of aromatic nitrogens is 5. The van der Waals surface area contributed by atoms with Gasteiger partial charge in [0.05, 0.1) is 50.1 Å². The molecule has 34 heavy (non-hydrogen) atoms. The third-order valence-corrected chi connectivity index (χ3v) is 7.90. The molecule has 0 amide bonds. The molecule has 13 heteroatoms. The number of ether oxygens (including phenoxy) is 4. The van der Waals surface area contributed by atoms with Gasteiger partial charge in [0.2, 0.25) is 16.0 Å². The van der Waals surface area contributed by atoms with Crippen LogP contribution in [0.15, 0.2) is 12.4 Å². The van der Waals surface area contributed by atoms with Gasteiger partial charge in [0.15, 0.2) is 11.6 Å². The van der Waals surface area contributed by atoms with E-state index in [4.69, 9.17) is 18.9 Å². The van der Waals surface area contributed by atoms with E-state index in [-0.39, 0.29) is 37.4 Å². The lowest BCUT2D eigenvalue weighted by molar-refractivity contribution is 0.0406. The summed E-state index contributed by atoms with van der Waals surface area (Å²) in [5, 5.41) is 7.61. The molecular formula is C21H34N6O6S. The number of sulfonamides is 1. The van der Waals surface area contributed by atoms with Crippen molar-refractivity contribution >= 4 is 16.0 Å². The number of nitrogens with one attached hydrogen (secondary N) is 1. The van der Waals surface area contributed by atoms with E-state index < -0.39 is 21.2 Å². The van der Waals surface area contributed by atoms with E-state index in [0.29, 0.717) is 17.4 Å². The first kappa shape index (κ1) is 26.3. The van der Waals surface area contributed by atoms with Crippen molar-refractivity contribution in [2.24, 2.45) is 0 Å². The zero-order valence-electron chi connectivity index (χ0n) is 20.5. The maximum absolute atomic E-state index is 13.3. The lowest BCUT2D eigenvalue weighted by Gasteiger charge is -2.24. The van der Waals surface area contributed by atoms with Gasteiger partial charge >= 0.3 is 0 Å². The Bertz CT molecular complexity index is 1020. The predicted octanol–water partition coefficient (Wildman–Crippen LogP) is 2.08. The SMILES string of the molecule is COCC(COC)n1c(NS(=O)(=O)C(C)C(C)c2ncc(OC)cn2)nnc1[C@@H]1CC[C@H](C)O1. The van der Waals surface area contributed by atoms with E-state index in [1.807, 2.05) is 6.92 Å². The molecule has 1 saturated heterocycles. The topological polar surface area (TPSA) is 140 Å². The summed E-state index contributed by atoms with van der Waals surface area (Å²) in [6, 6.07) is -0.352. The molecule has 2 unspecified atom stereocenters. The number of nitrogens with zero attached hydrogens (tertiary/aromatic N) is 5. The molecule has 3 rings (SSSR count). The molecule has 1 aliphatic rings. The summed E-state index contributed by atoms with van der Waals surface area (Å²) in [4.78, 5) is 8.48. The van der Waals surface area contributed by atoms with Crippen LogP contribution < -0.4 is 9.46 Å². The maximum atomic E-state index is 13.3. The zero-order chi connectivity index (χ0) is 24.9. The van der Waals surface area contributed by atoms with Gasteiger partial charge in [0.1, 0.15) is 11.9 Å². The monoisotopic (exact) mass is 498 g/mol. The standard InChI is InChI=1S/C21H34N6O6S/c1-13-7-8-18(33-13)20-24-25-21(27(20)16(11-30-4)12-31-5)26-34(28,29)15(3)14(2)19-22-9-17(32-6)10-23-19/h9-10,13-16,18H,7-8,11-12H2,1-6H3,(H,25,26)/t13-,14?,15?,18-/m0/s1. The second-order valence-electron chi connectivity index (χ2n) is 8.45. The minimum atomic E-state index is -3.89. The van der Waals surface area contributed by atoms with Crippen molar-refractivity contribution in [2.75, 3.05) is 39.3 Å². The molecule has 0 saturated carbocycles. The van der Waals surface area contributed by atoms with Crippen molar-refractivity contribution in [3.63, 3.8) is 0 Å². The van der Waals surface area contributed by atoms with Crippen LogP contribution in [0.25, 0.3) is 0 Å². The summed E-state index contributed by atoms with van der Waals surface area (Å²) < 4.78 is 52.8. The van der Waals surface area contributed by atoms with Crippen LogP contribution in [-0.4, -0.2) is 79.0 Å². The van der Waals surface area contributed by atoms with Gasteiger partial charge in [0.25, 0.3) is 0 Å². The Hall–Kier alpha value is -2.35. The van der Waals surface area contributed by atoms with E-state index in [0.717, 1.165) is 12.8 Å². The van der Waals surface area contributed by atoms with Crippen LogP contribution in [0.5, 0.6) is 5.75 Å². The lowest BCUT2D eigenvalue weighted by Crippen LogP contribution is -2.33. The molecule has 1 fully saturated rings. The van der Waals surface area contributed by atoms with E-state index >= 15 is 0 Å². The molecule has 4 atom stereocenters. The first-order chi connectivity index (χ1) is 16.2. The molecule has 1 aliphatic heterocycles. The van der Waals surface area contributed by atoms with Crippen molar-refractivity contribution in [1.29, 1.82) is 0 Å². The van der Waals surface area contributed by atoms with Crippen LogP contribution in [0.3, 0.4) is 0 Å². The molecule has 0 aromatic carbocycles. The molecular weight excluding hydrogens is 464 g/mol. The van der Waals surface area contributed by atoms with Gasteiger partial charge in [-0.3, -0.25) is 9.29 Å². The van der Waals surface area contributed by atoms with E-state index in [1.54, 1.807) is 32.6 Å². The van der Waals surface area contributed by atoms with E-state index in [2.05, 4.69) is 24.9 Å². The van der Waals surface area contributed by atoms with Crippen LogP contribution in [0.1, 0.15) is 63.3 Å². The highest BCUT2D eigenvalue weighted by atomic mass is 32.2. The highest BCUT2D eigenvalue weighted by Gasteiger charge is 2.35. The van der Waals surface area contributed by atoms with Crippen molar-refractivity contribution in [2.45, 2.75) is 63.0 Å². The van der Waals surface area contributed by atoms with Crippen molar-refractivity contribution < 1.29 is 27.4 Å². The van der Waals surface area contributed by atoms with E-state index in [1.165, 1.54) is 19.5 Å². The number of hydrogen-bond donors (Lipinski definition) is 1. The minimum absolute atomic E-state index is 0.0870. The van der Waals surface area contributed by atoms with E-state index in [9.17, 15) is 8.42 Å². The van der Waals surface area contributed by atoms with Crippen LogP contribution in [0.4, 0.5) is 5.95 Å². The van der Waals surface area contributed by atoms with Gasteiger partial charge in [-0.05, 0) is 26.7 Å². The second-order valence-corrected chi connectivity index (χ2v) is 10.5. The van der Waals surface area contributed by atoms with Crippen LogP contribution in [-0.2, 0) is 24.2 Å². The smallest absolute Gasteiger partial charge is 0.238 e. The number of anilines is 1. The summed E-state index contributed by atoms with van der Waals surface area (Å²) in [5.74, 6) is 1.03. The Morgan fingerprint density at radius 2 is 1.76 bits per heavy atom. The fraction of sp³-hybridized carbons (Fsp3) is 0.714. The van der Waals surface area contributed by atoms with Crippen molar-refractivity contribution in [1.82, 2.24) is 24.7 Å². The Balaban J connectivity index is 1.90.